The molecular weight excluding hydrogens is 392 g/mol. The number of hydrogen-bond acceptors (Lipinski definition) is 6. The number of hydrogen-bond donors (Lipinski definition) is 0. The molecule has 9 heteroatoms. The Morgan fingerprint density at radius 2 is 1.76 bits per heavy atom. The topological polar surface area (TPSA) is 76.4 Å². The maximum absolute atomic E-state index is 12.8. The second-order valence-electron chi connectivity index (χ2n) is 6.74. The van der Waals surface area contributed by atoms with Gasteiger partial charge in [0.05, 0.1) is 6.54 Å². The number of amides is 1. The Morgan fingerprint density at radius 3 is 2.45 bits per heavy atom. The molecule has 1 saturated heterocycles. The Labute approximate surface area is 173 Å². The number of carbonyl (C=O) groups excluding carboxylic acids is 1. The van der Waals surface area contributed by atoms with Crippen LogP contribution in [0.25, 0.3) is 0 Å². The molecule has 1 aromatic heterocycles. The first-order chi connectivity index (χ1) is 14.2. The summed E-state index contributed by atoms with van der Waals surface area (Å²) in [6.07, 6.45) is 0.526. The van der Waals surface area contributed by atoms with Crippen molar-refractivity contribution in [1.82, 2.24) is 25.1 Å². The van der Waals surface area contributed by atoms with Crippen LogP contribution >= 0.6 is 11.6 Å². The van der Waals surface area contributed by atoms with Crippen molar-refractivity contribution < 1.29 is 9.53 Å². The molecule has 0 bridgehead atoms. The SMILES string of the molecule is O=C(OC(Cn1cnnn1)c1ccccc1Cl)N1CCN(c2ccccc2)CC1. The third kappa shape index (κ3) is 4.65. The number of carbonyl (C=O) groups is 1. The number of halogens is 1. The molecule has 0 N–H and O–H groups in total. The van der Waals surface area contributed by atoms with E-state index in [9.17, 15) is 4.79 Å². The number of anilines is 1. The molecule has 1 unspecified atom stereocenters. The third-order valence-electron chi connectivity index (χ3n) is 4.90. The molecular formula is C20H21ClN6O2. The lowest BCUT2D eigenvalue weighted by Gasteiger charge is -2.36. The van der Waals surface area contributed by atoms with Crippen LogP contribution in [0.3, 0.4) is 0 Å². The number of ether oxygens (including phenoxy) is 1. The van der Waals surface area contributed by atoms with E-state index in [1.54, 1.807) is 11.0 Å². The summed E-state index contributed by atoms with van der Waals surface area (Å²) in [4.78, 5) is 16.8. The first kappa shape index (κ1) is 19.2. The summed E-state index contributed by atoms with van der Waals surface area (Å²) in [5.41, 5.74) is 1.88. The molecule has 0 spiro atoms. The van der Waals surface area contributed by atoms with Gasteiger partial charge in [0.15, 0.2) is 0 Å². The minimum atomic E-state index is -0.591. The van der Waals surface area contributed by atoms with Gasteiger partial charge in [0.25, 0.3) is 0 Å². The minimum Gasteiger partial charge on any atom is -0.439 e. The summed E-state index contributed by atoms with van der Waals surface area (Å²) < 4.78 is 7.36. The van der Waals surface area contributed by atoms with Gasteiger partial charge in [-0.15, -0.1) is 5.10 Å². The van der Waals surface area contributed by atoms with Crippen molar-refractivity contribution in [2.45, 2.75) is 12.6 Å². The standard InChI is InChI=1S/C20H21ClN6O2/c21-18-9-5-4-8-17(18)19(14-27-15-22-23-24-27)29-20(28)26-12-10-25(11-13-26)16-6-2-1-3-7-16/h1-9,15,19H,10-14H2. The zero-order valence-corrected chi connectivity index (χ0v) is 16.5. The molecule has 150 valence electrons. The quantitative estimate of drug-likeness (QED) is 0.641. The van der Waals surface area contributed by atoms with Gasteiger partial charge < -0.3 is 14.5 Å². The minimum absolute atomic E-state index is 0.284. The summed E-state index contributed by atoms with van der Waals surface area (Å²) in [7, 11) is 0. The number of para-hydroxylation sites is 1. The average molecular weight is 413 g/mol. The van der Waals surface area contributed by atoms with Crippen molar-refractivity contribution in [3.8, 4) is 0 Å². The van der Waals surface area contributed by atoms with E-state index in [2.05, 4.69) is 32.6 Å². The van der Waals surface area contributed by atoms with Crippen LogP contribution in [0.15, 0.2) is 60.9 Å². The van der Waals surface area contributed by atoms with Gasteiger partial charge in [0.1, 0.15) is 12.4 Å². The van der Waals surface area contributed by atoms with E-state index in [-0.39, 0.29) is 12.6 Å². The molecule has 0 saturated carbocycles. The van der Waals surface area contributed by atoms with Gasteiger partial charge in [0, 0.05) is 42.5 Å². The zero-order valence-electron chi connectivity index (χ0n) is 15.8. The molecule has 4 rings (SSSR count). The van der Waals surface area contributed by atoms with Gasteiger partial charge in [-0.3, -0.25) is 0 Å². The van der Waals surface area contributed by atoms with Gasteiger partial charge in [0.2, 0.25) is 0 Å². The average Bonchev–Trinajstić information content (AvgIpc) is 3.27. The molecule has 29 heavy (non-hydrogen) atoms. The molecule has 3 aromatic rings. The van der Waals surface area contributed by atoms with E-state index < -0.39 is 6.10 Å². The highest BCUT2D eigenvalue weighted by molar-refractivity contribution is 6.31. The highest BCUT2D eigenvalue weighted by Crippen LogP contribution is 2.28. The van der Waals surface area contributed by atoms with Crippen molar-refractivity contribution in [3.05, 3.63) is 71.5 Å². The van der Waals surface area contributed by atoms with Crippen LogP contribution in [0.2, 0.25) is 5.02 Å². The molecule has 2 heterocycles. The molecule has 2 aromatic carbocycles. The predicted molar refractivity (Wildman–Crippen MR) is 109 cm³/mol. The van der Waals surface area contributed by atoms with Crippen LogP contribution in [0, 0.1) is 0 Å². The number of rotatable bonds is 5. The third-order valence-corrected chi connectivity index (χ3v) is 5.24. The lowest BCUT2D eigenvalue weighted by molar-refractivity contribution is 0.0512. The number of piperazine rings is 1. The van der Waals surface area contributed by atoms with Crippen molar-refractivity contribution >= 4 is 23.4 Å². The van der Waals surface area contributed by atoms with Crippen molar-refractivity contribution in [3.63, 3.8) is 0 Å². The van der Waals surface area contributed by atoms with Gasteiger partial charge in [-0.2, -0.15) is 0 Å². The Morgan fingerprint density at radius 1 is 1.03 bits per heavy atom. The highest BCUT2D eigenvalue weighted by Gasteiger charge is 2.27. The predicted octanol–water partition coefficient (Wildman–Crippen LogP) is 3.03. The second-order valence-corrected chi connectivity index (χ2v) is 7.14. The molecule has 1 amide bonds. The first-order valence-electron chi connectivity index (χ1n) is 9.41. The normalized spacial score (nSPS) is 15.2. The van der Waals surface area contributed by atoms with Gasteiger partial charge in [-0.05, 0) is 28.6 Å². The highest BCUT2D eigenvalue weighted by atomic mass is 35.5. The molecule has 1 aliphatic rings. The number of benzene rings is 2. The summed E-state index contributed by atoms with van der Waals surface area (Å²) in [5.74, 6) is 0. The Kier molecular flexibility index (Phi) is 5.90. The fourth-order valence-corrected chi connectivity index (χ4v) is 3.61. The Balaban J connectivity index is 1.42. The Bertz CT molecular complexity index is 929. The fourth-order valence-electron chi connectivity index (χ4n) is 3.35. The fraction of sp³-hybridized carbons (Fsp3) is 0.300. The van der Waals surface area contributed by atoms with E-state index in [0.29, 0.717) is 18.1 Å². The van der Waals surface area contributed by atoms with Gasteiger partial charge >= 0.3 is 6.09 Å². The monoisotopic (exact) mass is 412 g/mol. The molecule has 1 fully saturated rings. The van der Waals surface area contributed by atoms with E-state index in [1.807, 2.05) is 36.4 Å². The maximum Gasteiger partial charge on any atom is 0.410 e. The lowest BCUT2D eigenvalue weighted by atomic mass is 10.1. The van der Waals surface area contributed by atoms with E-state index in [4.69, 9.17) is 16.3 Å². The molecule has 1 atom stereocenters. The summed E-state index contributed by atoms with van der Waals surface area (Å²) in [6.45, 7) is 2.97. The van der Waals surface area contributed by atoms with Crippen LogP contribution in [0.5, 0.6) is 0 Å². The van der Waals surface area contributed by atoms with Crippen LogP contribution in [0.1, 0.15) is 11.7 Å². The second kappa shape index (κ2) is 8.91. The van der Waals surface area contributed by atoms with Crippen LogP contribution < -0.4 is 4.90 Å². The number of nitrogens with zero attached hydrogens (tertiary/aromatic N) is 6. The molecule has 0 radical (unpaired) electrons. The van der Waals surface area contributed by atoms with E-state index >= 15 is 0 Å². The smallest absolute Gasteiger partial charge is 0.410 e. The largest absolute Gasteiger partial charge is 0.439 e. The molecule has 0 aliphatic carbocycles. The van der Waals surface area contributed by atoms with Crippen molar-refractivity contribution in [1.29, 1.82) is 0 Å². The van der Waals surface area contributed by atoms with Crippen molar-refractivity contribution in [2.75, 3.05) is 31.1 Å². The van der Waals surface area contributed by atoms with Crippen LogP contribution in [0.4, 0.5) is 10.5 Å². The van der Waals surface area contributed by atoms with Crippen LogP contribution in [-0.2, 0) is 11.3 Å². The number of aromatic nitrogens is 4. The molecule has 1 aliphatic heterocycles. The van der Waals surface area contributed by atoms with Crippen molar-refractivity contribution in [2.24, 2.45) is 0 Å². The summed E-state index contributed by atoms with van der Waals surface area (Å²) in [5, 5.41) is 11.7. The number of tetrazole rings is 1. The zero-order chi connectivity index (χ0) is 20.1. The maximum atomic E-state index is 12.8. The van der Waals surface area contributed by atoms with Gasteiger partial charge in [-0.1, -0.05) is 48.0 Å². The van der Waals surface area contributed by atoms with Gasteiger partial charge in [-0.25, -0.2) is 9.48 Å². The Hall–Kier alpha value is -3.13. The summed E-state index contributed by atoms with van der Waals surface area (Å²) in [6, 6.07) is 17.5. The van der Waals surface area contributed by atoms with Crippen LogP contribution in [-0.4, -0.2) is 57.4 Å². The summed E-state index contributed by atoms with van der Waals surface area (Å²) >= 11 is 6.34. The molecule has 8 nitrogen and oxygen atoms in total. The van der Waals surface area contributed by atoms with E-state index in [1.165, 1.54) is 11.0 Å². The van der Waals surface area contributed by atoms with E-state index in [0.717, 1.165) is 24.3 Å². The first-order valence-corrected chi connectivity index (χ1v) is 9.79. The lowest BCUT2D eigenvalue weighted by Crippen LogP contribution is -2.49.